The van der Waals surface area contributed by atoms with Crippen molar-refractivity contribution >= 4 is 33.3 Å². The standard InChI is InChI=1S/C24H28N6O2/c1-14-13-32-16(11-29(2)3)12-30(14)15-8-9-19-20(10-15)27-23(26-19)21-22(25)17-6-4-5-7-18(17)28-24(21)31/h4-10,14,16H,11-13H2,1-3H3,(H,26,27)(H3,25,28,31)/t14-,16?/m1/s1. The van der Waals surface area contributed by atoms with Gasteiger partial charge in [0.15, 0.2) is 0 Å². The number of aromatic amines is 2. The molecule has 4 N–H and O–H groups in total. The molecule has 8 heteroatoms. The predicted octanol–water partition coefficient (Wildman–Crippen LogP) is 2.81. The quantitative estimate of drug-likeness (QED) is 0.458. The SMILES string of the molecule is C[C@@H]1COC(CN(C)C)CN1c1ccc2nc(-c3c(N)c4ccccc4[nH]c3=O)[nH]c2c1. The van der Waals surface area contributed by atoms with Gasteiger partial charge in [0.1, 0.15) is 11.4 Å². The first-order chi connectivity index (χ1) is 15.4. The van der Waals surface area contributed by atoms with Gasteiger partial charge in [-0.3, -0.25) is 4.79 Å². The van der Waals surface area contributed by atoms with Crippen LogP contribution in [0.2, 0.25) is 0 Å². The number of rotatable bonds is 4. The third kappa shape index (κ3) is 3.61. The Kier molecular flexibility index (Phi) is 5.11. The fourth-order valence-corrected chi connectivity index (χ4v) is 4.49. The Hall–Kier alpha value is -3.36. The Morgan fingerprint density at radius 1 is 1.19 bits per heavy atom. The molecule has 1 saturated heterocycles. The molecule has 5 rings (SSSR count). The minimum absolute atomic E-state index is 0.158. The van der Waals surface area contributed by atoms with Gasteiger partial charge in [0, 0.05) is 30.2 Å². The summed E-state index contributed by atoms with van der Waals surface area (Å²) in [7, 11) is 4.12. The number of pyridine rings is 1. The van der Waals surface area contributed by atoms with Crippen LogP contribution in [0.1, 0.15) is 6.92 Å². The normalized spacial score (nSPS) is 19.3. The second-order valence-corrected chi connectivity index (χ2v) is 8.79. The lowest BCUT2D eigenvalue weighted by atomic mass is 10.1. The summed E-state index contributed by atoms with van der Waals surface area (Å²) in [6.45, 7) is 4.56. The number of benzene rings is 2. The highest BCUT2D eigenvalue weighted by atomic mass is 16.5. The zero-order valence-electron chi connectivity index (χ0n) is 18.6. The van der Waals surface area contributed by atoms with Gasteiger partial charge in [-0.05, 0) is 45.3 Å². The molecule has 8 nitrogen and oxygen atoms in total. The van der Waals surface area contributed by atoms with Crippen LogP contribution in [0.25, 0.3) is 33.3 Å². The molecule has 1 unspecified atom stereocenters. The highest BCUT2D eigenvalue weighted by Crippen LogP contribution is 2.30. The van der Waals surface area contributed by atoms with Gasteiger partial charge in [-0.15, -0.1) is 0 Å². The van der Waals surface area contributed by atoms with E-state index < -0.39 is 0 Å². The number of H-pyrrole nitrogens is 2. The number of ether oxygens (including phenoxy) is 1. The third-order valence-electron chi connectivity index (χ3n) is 6.07. The molecule has 4 aromatic rings. The number of nitrogen functional groups attached to an aromatic ring is 1. The van der Waals surface area contributed by atoms with Crippen LogP contribution in [0, 0.1) is 0 Å². The molecule has 0 aliphatic carbocycles. The van der Waals surface area contributed by atoms with Crippen molar-refractivity contribution in [3.63, 3.8) is 0 Å². The molecule has 2 atom stereocenters. The number of hydrogen-bond acceptors (Lipinski definition) is 6. The number of likely N-dealkylation sites (N-methyl/N-ethyl adjacent to an activating group) is 1. The molecule has 3 heterocycles. The molecule has 1 fully saturated rings. The molecule has 2 aromatic heterocycles. The molecule has 1 aliphatic rings. The number of anilines is 2. The van der Waals surface area contributed by atoms with Crippen molar-refractivity contribution in [3.8, 4) is 11.4 Å². The molecule has 0 spiro atoms. The van der Waals surface area contributed by atoms with E-state index in [-0.39, 0.29) is 17.7 Å². The fourth-order valence-electron chi connectivity index (χ4n) is 4.49. The second-order valence-electron chi connectivity index (χ2n) is 8.79. The summed E-state index contributed by atoms with van der Waals surface area (Å²) >= 11 is 0. The van der Waals surface area contributed by atoms with E-state index in [0.29, 0.717) is 29.2 Å². The number of fused-ring (bicyclic) bond motifs is 2. The highest BCUT2D eigenvalue weighted by molar-refractivity contribution is 5.97. The molecule has 0 bridgehead atoms. The molecule has 0 saturated carbocycles. The molecule has 0 amide bonds. The first-order valence-corrected chi connectivity index (χ1v) is 10.8. The lowest BCUT2D eigenvalue weighted by Gasteiger charge is -2.40. The largest absolute Gasteiger partial charge is 0.397 e. The number of para-hydroxylation sites is 1. The van der Waals surface area contributed by atoms with Crippen molar-refractivity contribution in [2.45, 2.75) is 19.1 Å². The van der Waals surface area contributed by atoms with E-state index in [1.54, 1.807) is 0 Å². The van der Waals surface area contributed by atoms with Gasteiger partial charge in [0.2, 0.25) is 0 Å². The van der Waals surface area contributed by atoms with Crippen LogP contribution in [0.15, 0.2) is 47.3 Å². The van der Waals surface area contributed by atoms with E-state index in [0.717, 1.165) is 35.2 Å². The first kappa shape index (κ1) is 20.5. The van der Waals surface area contributed by atoms with Crippen molar-refractivity contribution in [1.29, 1.82) is 0 Å². The van der Waals surface area contributed by atoms with Crippen molar-refractivity contribution in [2.24, 2.45) is 0 Å². The lowest BCUT2D eigenvalue weighted by molar-refractivity contribution is 0.00880. The summed E-state index contributed by atoms with van der Waals surface area (Å²) in [5, 5.41) is 0.803. The maximum Gasteiger partial charge on any atom is 0.261 e. The summed E-state index contributed by atoms with van der Waals surface area (Å²) in [5.74, 6) is 0.474. The maximum absolute atomic E-state index is 12.8. The van der Waals surface area contributed by atoms with Crippen molar-refractivity contribution in [1.82, 2.24) is 19.9 Å². The summed E-state index contributed by atoms with van der Waals surface area (Å²) in [5.41, 5.74) is 10.4. The van der Waals surface area contributed by atoms with E-state index in [1.807, 2.05) is 30.3 Å². The van der Waals surface area contributed by atoms with Crippen LogP contribution in [0.3, 0.4) is 0 Å². The van der Waals surface area contributed by atoms with Gasteiger partial charge in [-0.1, -0.05) is 18.2 Å². The number of aromatic nitrogens is 3. The first-order valence-electron chi connectivity index (χ1n) is 10.8. The van der Waals surface area contributed by atoms with Crippen LogP contribution in [0.5, 0.6) is 0 Å². The Bertz CT molecular complexity index is 1340. The average molecular weight is 433 g/mol. The topological polar surface area (TPSA) is 103 Å². The maximum atomic E-state index is 12.8. The molecular formula is C24H28N6O2. The molecule has 166 valence electrons. The van der Waals surface area contributed by atoms with Crippen molar-refractivity contribution in [2.75, 3.05) is 44.4 Å². The van der Waals surface area contributed by atoms with Crippen LogP contribution >= 0.6 is 0 Å². The van der Waals surface area contributed by atoms with Crippen molar-refractivity contribution < 1.29 is 4.74 Å². The van der Waals surface area contributed by atoms with Gasteiger partial charge in [-0.25, -0.2) is 4.98 Å². The highest BCUT2D eigenvalue weighted by Gasteiger charge is 2.27. The van der Waals surface area contributed by atoms with E-state index >= 15 is 0 Å². The second kappa shape index (κ2) is 7.96. The Morgan fingerprint density at radius 2 is 2.00 bits per heavy atom. The lowest BCUT2D eigenvalue weighted by Crippen LogP contribution is -2.51. The number of hydrogen-bond donors (Lipinski definition) is 3. The average Bonchev–Trinajstić information content (AvgIpc) is 3.17. The number of nitrogens with two attached hydrogens (primary N) is 1. The van der Waals surface area contributed by atoms with Gasteiger partial charge in [0.25, 0.3) is 5.56 Å². The predicted molar refractivity (Wildman–Crippen MR) is 129 cm³/mol. The molecule has 0 radical (unpaired) electrons. The van der Waals surface area contributed by atoms with Crippen LogP contribution < -0.4 is 16.2 Å². The molecule has 32 heavy (non-hydrogen) atoms. The van der Waals surface area contributed by atoms with Crippen LogP contribution in [-0.2, 0) is 4.74 Å². The number of morpholine rings is 1. The Morgan fingerprint density at radius 3 is 2.81 bits per heavy atom. The minimum atomic E-state index is -0.256. The zero-order chi connectivity index (χ0) is 22.4. The number of nitrogens with one attached hydrogen (secondary N) is 2. The van der Waals surface area contributed by atoms with Gasteiger partial charge < -0.3 is 30.2 Å². The summed E-state index contributed by atoms with van der Waals surface area (Å²) in [6.07, 6.45) is 0.158. The Balaban J connectivity index is 1.53. The van der Waals surface area contributed by atoms with Gasteiger partial charge >= 0.3 is 0 Å². The summed E-state index contributed by atoms with van der Waals surface area (Å²) in [6, 6.07) is 13.9. The molecule has 1 aliphatic heterocycles. The van der Waals surface area contributed by atoms with Crippen LogP contribution in [0.4, 0.5) is 11.4 Å². The number of imidazole rings is 1. The smallest absolute Gasteiger partial charge is 0.261 e. The zero-order valence-corrected chi connectivity index (χ0v) is 18.6. The minimum Gasteiger partial charge on any atom is -0.397 e. The summed E-state index contributed by atoms with van der Waals surface area (Å²) in [4.78, 5) is 28.2. The van der Waals surface area contributed by atoms with E-state index in [9.17, 15) is 4.79 Å². The number of nitrogens with zero attached hydrogens (tertiary/aromatic N) is 3. The van der Waals surface area contributed by atoms with E-state index in [2.05, 4.69) is 57.9 Å². The van der Waals surface area contributed by atoms with Gasteiger partial charge in [0.05, 0.1) is 34.9 Å². The van der Waals surface area contributed by atoms with E-state index in [1.165, 1.54) is 0 Å². The summed E-state index contributed by atoms with van der Waals surface area (Å²) < 4.78 is 6.01. The van der Waals surface area contributed by atoms with Crippen molar-refractivity contribution in [3.05, 3.63) is 52.8 Å². The van der Waals surface area contributed by atoms with Gasteiger partial charge in [-0.2, -0.15) is 0 Å². The molecular weight excluding hydrogens is 404 g/mol. The van der Waals surface area contributed by atoms with Crippen LogP contribution in [-0.4, -0.2) is 65.8 Å². The third-order valence-corrected chi connectivity index (χ3v) is 6.07. The fraction of sp³-hybridized carbons (Fsp3) is 0.333. The monoisotopic (exact) mass is 432 g/mol. The van der Waals surface area contributed by atoms with E-state index in [4.69, 9.17) is 10.5 Å². The molecule has 2 aromatic carbocycles. The Labute approximate surface area is 186 Å².